The predicted octanol–water partition coefficient (Wildman–Crippen LogP) is 2.30. The number of hydrogen-bond acceptors (Lipinski definition) is 5. The monoisotopic (exact) mass is 240 g/mol. The number of nitrogens with zero attached hydrogens (tertiary/aromatic N) is 3. The standard InChI is InChI=1S/C13H12N4O/c1-8(14)12-16-17-13(18-12)11-10-5-3-2-4-9(10)6-7-15-11/h2-8H,14H2,1H3. The maximum absolute atomic E-state index is 5.70. The molecule has 2 N–H and O–H groups in total. The molecule has 0 aliphatic rings. The third-order valence-corrected chi connectivity index (χ3v) is 2.71. The Balaban J connectivity index is 2.18. The summed E-state index contributed by atoms with van der Waals surface area (Å²) in [7, 11) is 0. The lowest BCUT2D eigenvalue weighted by molar-refractivity contribution is 0.472. The molecule has 18 heavy (non-hydrogen) atoms. The highest BCUT2D eigenvalue weighted by atomic mass is 16.4. The van der Waals surface area contributed by atoms with Crippen molar-refractivity contribution in [3.63, 3.8) is 0 Å². The van der Waals surface area contributed by atoms with E-state index in [1.165, 1.54) is 0 Å². The van der Waals surface area contributed by atoms with E-state index in [1.807, 2.05) is 30.3 Å². The number of aromatic nitrogens is 3. The summed E-state index contributed by atoms with van der Waals surface area (Å²) >= 11 is 0. The van der Waals surface area contributed by atoms with Gasteiger partial charge in [0.1, 0.15) is 5.69 Å². The van der Waals surface area contributed by atoms with Gasteiger partial charge in [0, 0.05) is 11.6 Å². The van der Waals surface area contributed by atoms with Crippen LogP contribution in [0.25, 0.3) is 22.4 Å². The van der Waals surface area contributed by atoms with Gasteiger partial charge >= 0.3 is 0 Å². The molecule has 0 amide bonds. The molecule has 2 heterocycles. The zero-order chi connectivity index (χ0) is 12.5. The molecular formula is C13H12N4O. The van der Waals surface area contributed by atoms with Crippen molar-refractivity contribution in [3.05, 3.63) is 42.4 Å². The minimum absolute atomic E-state index is 0.277. The van der Waals surface area contributed by atoms with Crippen LogP contribution < -0.4 is 5.73 Å². The number of nitrogens with two attached hydrogens (primary N) is 1. The first kappa shape index (κ1) is 10.9. The lowest BCUT2D eigenvalue weighted by Crippen LogP contribution is -2.04. The van der Waals surface area contributed by atoms with Gasteiger partial charge in [-0.05, 0) is 18.4 Å². The maximum Gasteiger partial charge on any atom is 0.266 e. The molecule has 1 unspecified atom stereocenters. The number of rotatable bonds is 2. The van der Waals surface area contributed by atoms with Crippen LogP contribution in [0.15, 0.2) is 40.9 Å². The fourth-order valence-electron chi connectivity index (χ4n) is 1.80. The number of hydrogen-bond donors (Lipinski definition) is 1. The zero-order valence-corrected chi connectivity index (χ0v) is 9.87. The quantitative estimate of drug-likeness (QED) is 0.743. The van der Waals surface area contributed by atoms with Crippen molar-refractivity contribution in [3.8, 4) is 11.6 Å². The van der Waals surface area contributed by atoms with Gasteiger partial charge in [0.25, 0.3) is 5.89 Å². The van der Waals surface area contributed by atoms with Gasteiger partial charge in [-0.2, -0.15) is 0 Å². The molecule has 1 aromatic carbocycles. The Kier molecular flexibility index (Phi) is 2.53. The van der Waals surface area contributed by atoms with Crippen molar-refractivity contribution in [1.29, 1.82) is 0 Å². The van der Waals surface area contributed by atoms with Gasteiger partial charge in [0.2, 0.25) is 5.89 Å². The summed E-state index contributed by atoms with van der Waals surface area (Å²) in [5, 5.41) is 9.99. The second-order valence-electron chi connectivity index (χ2n) is 4.11. The molecule has 0 bridgehead atoms. The molecule has 0 fully saturated rings. The largest absolute Gasteiger partial charge is 0.418 e. The third kappa shape index (κ3) is 1.74. The molecule has 2 aromatic heterocycles. The van der Waals surface area contributed by atoms with E-state index >= 15 is 0 Å². The summed E-state index contributed by atoms with van der Waals surface area (Å²) in [6.45, 7) is 1.80. The normalized spacial score (nSPS) is 12.8. The molecule has 0 saturated carbocycles. The molecule has 0 spiro atoms. The minimum Gasteiger partial charge on any atom is -0.418 e. The van der Waals surface area contributed by atoms with Crippen molar-refractivity contribution in [2.24, 2.45) is 5.73 Å². The summed E-state index contributed by atoms with van der Waals surface area (Å²) < 4.78 is 5.53. The van der Waals surface area contributed by atoms with Crippen molar-refractivity contribution in [1.82, 2.24) is 15.2 Å². The first-order chi connectivity index (χ1) is 8.75. The Labute approximate surface area is 104 Å². The third-order valence-electron chi connectivity index (χ3n) is 2.71. The lowest BCUT2D eigenvalue weighted by atomic mass is 10.1. The highest BCUT2D eigenvalue weighted by molar-refractivity contribution is 5.92. The SMILES string of the molecule is CC(N)c1nnc(-c2nccc3ccccc23)o1. The molecule has 3 rings (SSSR count). The molecular weight excluding hydrogens is 228 g/mol. The van der Waals surface area contributed by atoms with Crippen LogP contribution in [0.3, 0.4) is 0 Å². The Morgan fingerprint density at radius 1 is 1.17 bits per heavy atom. The van der Waals surface area contributed by atoms with E-state index in [2.05, 4.69) is 15.2 Å². The average Bonchev–Trinajstić information content (AvgIpc) is 2.87. The molecule has 0 aliphatic carbocycles. The molecule has 5 nitrogen and oxygen atoms in total. The molecule has 5 heteroatoms. The number of fused-ring (bicyclic) bond motifs is 1. The van der Waals surface area contributed by atoms with Crippen molar-refractivity contribution < 1.29 is 4.42 Å². The van der Waals surface area contributed by atoms with Gasteiger partial charge < -0.3 is 10.2 Å². The predicted molar refractivity (Wildman–Crippen MR) is 67.6 cm³/mol. The zero-order valence-electron chi connectivity index (χ0n) is 9.87. The van der Waals surface area contributed by atoms with E-state index in [-0.39, 0.29) is 6.04 Å². The molecule has 0 radical (unpaired) electrons. The number of pyridine rings is 1. The molecule has 0 saturated heterocycles. The summed E-state index contributed by atoms with van der Waals surface area (Å²) in [5.74, 6) is 0.818. The van der Waals surface area contributed by atoms with Crippen LogP contribution in [0.5, 0.6) is 0 Å². The highest BCUT2D eigenvalue weighted by Crippen LogP contribution is 2.25. The fourth-order valence-corrected chi connectivity index (χ4v) is 1.80. The van der Waals surface area contributed by atoms with E-state index in [1.54, 1.807) is 13.1 Å². The van der Waals surface area contributed by atoms with E-state index in [0.29, 0.717) is 17.5 Å². The van der Waals surface area contributed by atoms with Crippen LogP contribution in [0, 0.1) is 0 Å². The molecule has 3 aromatic rings. The topological polar surface area (TPSA) is 77.8 Å². The van der Waals surface area contributed by atoms with Gasteiger partial charge in [-0.3, -0.25) is 4.98 Å². The van der Waals surface area contributed by atoms with Crippen molar-refractivity contribution >= 4 is 10.8 Å². The van der Waals surface area contributed by atoms with E-state index < -0.39 is 0 Å². The second-order valence-corrected chi connectivity index (χ2v) is 4.11. The Hall–Kier alpha value is -2.27. The molecule has 0 aliphatic heterocycles. The Bertz CT molecular complexity index is 685. The molecule has 90 valence electrons. The van der Waals surface area contributed by atoms with Gasteiger partial charge in [0.05, 0.1) is 6.04 Å². The first-order valence-corrected chi connectivity index (χ1v) is 5.69. The Morgan fingerprint density at radius 2 is 2.00 bits per heavy atom. The van der Waals surface area contributed by atoms with Crippen LogP contribution in [-0.2, 0) is 0 Å². The van der Waals surface area contributed by atoms with Gasteiger partial charge in [0.15, 0.2) is 0 Å². The van der Waals surface area contributed by atoms with Gasteiger partial charge in [-0.25, -0.2) is 0 Å². The summed E-state index contributed by atoms with van der Waals surface area (Å²) in [5.41, 5.74) is 6.39. The van der Waals surface area contributed by atoms with Crippen LogP contribution in [0.2, 0.25) is 0 Å². The summed E-state index contributed by atoms with van der Waals surface area (Å²) in [4.78, 5) is 4.31. The second kappa shape index (κ2) is 4.19. The van der Waals surface area contributed by atoms with Crippen LogP contribution in [0.4, 0.5) is 0 Å². The van der Waals surface area contributed by atoms with E-state index in [9.17, 15) is 0 Å². The molecule has 1 atom stereocenters. The van der Waals surface area contributed by atoms with Gasteiger partial charge in [-0.15, -0.1) is 10.2 Å². The maximum atomic E-state index is 5.70. The lowest BCUT2D eigenvalue weighted by Gasteiger charge is -2.01. The number of benzene rings is 1. The fraction of sp³-hybridized carbons (Fsp3) is 0.154. The summed E-state index contributed by atoms with van der Waals surface area (Å²) in [6.07, 6.45) is 1.73. The smallest absolute Gasteiger partial charge is 0.266 e. The first-order valence-electron chi connectivity index (χ1n) is 5.69. The highest BCUT2D eigenvalue weighted by Gasteiger charge is 2.14. The van der Waals surface area contributed by atoms with Crippen LogP contribution in [0.1, 0.15) is 18.9 Å². The van der Waals surface area contributed by atoms with Crippen LogP contribution in [-0.4, -0.2) is 15.2 Å². The van der Waals surface area contributed by atoms with E-state index in [4.69, 9.17) is 10.2 Å². The van der Waals surface area contributed by atoms with Crippen LogP contribution >= 0.6 is 0 Å². The summed E-state index contributed by atoms with van der Waals surface area (Å²) in [6, 6.07) is 9.60. The van der Waals surface area contributed by atoms with Crippen molar-refractivity contribution in [2.75, 3.05) is 0 Å². The van der Waals surface area contributed by atoms with Gasteiger partial charge in [-0.1, -0.05) is 24.3 Å². The Morgan fingerprint density at radius 3 is 2.78 bits per heavy atom. The van der Waals surface area contributed by atoms with E-state index in [0.717, 1.165) is 10.8 Å². The average molecular weight is 240 g/mol. The minimum atomic E-state index is -0.277. The van der Waals surface area contributed by atoms with Crippen molar-refractivity contribution in [2.45, 2.75) is 13.0 Å².